The highest BCUT2D eigenvalue weighted by Crippen LogP contribution is 2.31. The van der Waals surface area contributed by atoms with E-state index in [0.717, 1.165) is 12.3 Å². The van der Waals surface area contributed by atoms with Gasteiger partial charge in [-0.15, -0.1) is 0 Å². The second-order valence-corrected chi connectivity index (χ2v) is 5.30. The number of benzene rings is 1. The molecule has 3 N–H and O–H groups in total. The van der Waals surface area contributed by atoms with Crippen LogP contribution in [0.2, 0.25) is 0 Å². The standard InChI is InChI=1S/C15H24N2/c1-12-6-2-5-9-14(12)15(17-16)11-10-13-7-3-4-8-13/h2,5-6,9,13,15,17H,3-4,7-8,10-11,16H2,1H3. The van der Waals surface area contributed by atoms with E-state index in [9.17, 15) is 0 Å². The van der Waals surface area contributed by atoms with Crippen LogP contribution in [0.1, 0.15) is 55.7 Å². The van der Waals surface area contributed by atoms with Gasteiger partial charge < -0.3 is 0 Å². The molecule has 0 aromatic heterocycles. The predicted octanol–water partition coefficient (Wildman–Crippen LogP) is 3.47. The van der Waals surface area contributed by atoms with E-state index in [1.54, 1.807) is 0 Å². The maximum Gasteiger partial charge on any atom is 0.0462 e. The molecule has 94 valence electrons. The molecule has 0 spiro atoms. The predicted molar refractivity (Wildman–Crippen MR) is 72.4 cm³/mol. The fourth-order valence-corrected chi connectivity index (χ4v) is 3.01. The Labute approximate surface area is 105 Å². The molecule has 1 aliphatic rings. The van der Waals surface area contributed by atoms with Gasteiger partial charge in [0.2, 0.25) is 0 Å². The Hall–Kier alpha value is -0.860. The molecule has 2 nitrogen and oxygen atoms in total. The van der Waals surface area contributed by atoms with Gasteiger partial charge in [-0.25, -0.2) is 0 Å². The van der Waals surface area contributed by atoms with Crippen LogP contribution in [0.5, 0.6) is 0 Å². The Balaban J connectivity index is 1.94. The molecule has 1 fully saturated rings. The minimum Gasteiger partial charge on any atom is -0.271 e. The summed E-state index contributed by atoms with van der Waals surface area (Å²) in [6, 6.07) is 8.85. The second kappa shape index (κ2) is 6.18. The van der Waals surface area contributed by atoms with Crippen LogP contribution in [0.15, 0.2) is 24.3 Å². The van der Waals surface area contributed by atoms with Crippen molar-refractivity contribution in [1.29, 1.82) is 0 Å². The number of nitrogens with one attached hydrogen (secondary N) is 1. The van der Waals surface area contributed by atoms with Gasteiger partial charge in [0, 0.05) is 6.04 Å². The average molecular weight is 232 g/mol. The molecule has 17 heavy (non-hydrogen) atoms. The highest BCUT2D eigenvalue weighted by molar-refractivity contribution is 5.28. The van der Waals surface area contributed by atoms with Gasteiger partial charge >= 0.3 is 0 Å². The summed E-state index contributed by atoms with van der Waals surface area (Å²) >= 11 is 0. The third-order valence-corrected chi connectivity index (χ3v) is 4.10. The van der Waals surface area contributed by atoms with Gasteiger partial charge in [-0.2, -0.15) is 0 Å². The second-order valence-electron chi connectivity index (χ2n) is 5.30. The van der Waals surface area contributed by atoms with Crippen LogP contribution in [0, 0.1) is 12.8 Å². The highest BCUT2D eigenvalue weighted by atomic mass is 15.2. The van der Waals surface area contributed by atoms with Crippen molar-refractivity contribution in [2.24, 2.45) is 11.8 Å². The van der Waals surface area contributed by atoms with E-state index < -0.39 is 0 Å². The van der Waals surface area contributed by atoms with E-state index in [1.165, 1.54) is 43.2 Å². The van der Waals surface area contributed by atoms with Crippen molar-refractivity contribution >= 4 is 0 Å². The van der Waals surface area contributed by atoms with Crippen molar-refractivity contribution in [3.05, 3.63) is 35.4 Å². The zero-order chi connectivity index (χ0) is 12.1. The summed E-state index contributed by atoms with van der Waals surface area (Å²) in [4.78, 5) is 0. The highest BCUT2D eigenvalue weighted by Gasteiger charge is 2.18. The summed E-state index contributed by atoms with van der Waals surface area (Å²) in [5.41, 5.74) is 5.67. The average Bonchev–Trinajstić information content (AvgIpc) is 2.85. The lowest BCUT2D eigenvalue weighted by Crippen LogP contribution is -2.28. The Morgan fingerprint density at radius 1 is 1.29 bits per heavy atom. The number of nitrogens with two attached hydrogens (primary N) is 1. The van der Waals surface area contributed by atoms with Crippen LogP contribution in [0.25, 0.3) is 0 Å². The van der Waals surface area contributed by atoms with Gasteiger partial charge in [-0.1, -0.05) is 49.9 Å². The lowest BCUT2D eigenvalue weighted by atomic mass is 9.93. The number of hydrogen-bond acceptors (Lipinski definition) is 2. The first-order chi connectivity index (χ1) is 8.31. The van der Waals surface area contributed by atoms with Gasteiger partial charge in [0.15, 0.2) is 0 Å². The van der Waals surface area contributed by atoms with Crippen molar-refractivity contribution < 1.29 is 0 Å². The van der Waals surface area contributed by atoms with Gasteiger partial charge in [0.25, 0.3) is 0 Å². The van der Waals surface area contributed by atoms with Gasteiger partial charge in [0.1, 0.15) is 0 Å². The smallest absolute Gasteiger partial charge is 0.0462 e. The fourth-order valence-electron chi connectivity index (χ4n) is 3.01. The third kappa shape index (κ3) is 3.30. The molecular formula is C15H24N2. The molecule has 1 aromatic rings. The lowest BCUT2D eigenvalue weighted by Gasteiger charge is -2.20. The summed E-state index contributed by atoms with van der Waals surface area (Å²) in [5, 5.41) is 0. The summed E-state index contributed by atoms with van der Waals surface area (Å²) in [7, 11) is 0. The van der Waals surface area contributed by atoms with Crippen LogP contribution in [0.4, 0.5) is 0 Å². The maximum atomic E-state index is 5.71. The van der Waals surface area contributed by atoms with E-state index in [1.807, 2.05) is 0 Å². The SMILES string of the molecule is Cc1ccccc1C(CCC1CCCC1)NN. The van der Waals surface area contributed by atoms with Crippen LogP contribution in [-0.4, -0.2) is 0 Å². The van der Waals surface area contributed by atoms with Gasteiger partial charge in [-0.3, -0.25) is 11.3 Å². The van der Waals surface area contributed by atoms with Crippen molar-refractivity contribution in [2.45, 2.75) is 51.5 Å². The summed E-state index contributed by atoms with van der Waals surface area (Å²) < 4.78 is 0. The molecular weight excluding hydrogens is 208 g/mol. The monoisotopic (exact) mass is 232 g/mol. The first-order valence-corrected chi connectivity index (χ1v) is 6.83. The van der Waals surface area contributed by atoms with Crippen LogP contribution < -0.4 is 11.3 Å². The molecule has 1 unspecified atom stereocenters. The molecule has 0 amide bonds. The zero-order valence-corrected chi connectivity index (χ0v) is 10.8. The van der Waals surface area contributed by atoms with Crippen molar-refractivity contribution in [1.82, 2.24) is 5.43 Å². The zero-order valence-electron chi connectivity index (χ0n) is 10.8. The topological polar surface area (TPSA) is 38.0 Å². The Kier molecular flexibility index (Phi) is 4.57. The van der Waals surface area contributed by atoms with E-state index >= 15 is 0 Å². The molecule has 0 saturated heterocycles. The van der Waals surface area contributed by atoms with Crippen LogP contribution in [0.3, 0.4) is 0 Å². The third-order valence-electron chi connectivity index (χ3n) is 4.10. The van der Waals surface area contributed by atoms with E-state index in [-0.39, 0.29) is 0 Å². The first kappa shape index (κ1) is 12.6. The molecule has 0 radical (unpaired) electrons. The maximum absolute atomic E-state index is 5.71. The molecule has 0 bridgehead atoms. The minimum absolute atomic E-state index is 0.316. The summed E-state index contributed by atoms with van der Waals surface area (Å²) in [6.07, 6.45) is 8.16. The first-order valence-electron chi connectivity index (χ1n) is 6.83. The summed E-state index contributed by atoms with van der Waals surface area (Å²) in [5.74, 6) is 6.65. The molecule has 0 aliphatic heterocycles. The molecule has 0 heterocycles. The van der Waals surface area contributed by atoms with Gasteiger partial charge in [0.05, 0.1) is 0 Å². The normalized spacial score (nSPS) is 18.5. The lowest BCUT2D eigenvalue weighted by molar-refractivity contribution is 0.415. The van der Waals surface area contributed by atoms with E-state index in [2.05, 4.69) is 36.6 Å². The molecule has 1 saturated carbocycles. The quantitative estimate of drug-likeness (QED) is 0.602. The van der Waals surface area contributed by atoms with Crippen LogP contribution >= 0.6 is 0 Å². The molecule has 1 aliphatic carbocycles. The van der Waals surface area contributed by atoms with Gasteiger partial charge in [-0.05, 0) is 36.8 Å². The number of aryl methyl sites for hydroxylation is 1. The number of hydrazine groups is 1. The Bertz CT molecular complexity index is 343. The van der Waals surface area contributed by atoms with Crippen LogP contribution in [-0.2, 0) is 0 Å². The fraction of sp³-hybridized carbons (Fsp3) is 0.600. The van der Waals surface area contributed by atoms with E-state index in [4.69, 9.17) is 5.84 Å². The molecule has 2 heteroatoms. The number of hydrogen-bond donors (Lipinski definition) is 2. The molecule has 2 rings (SSSR count). The largest absolute Gasteiger partial charge is 0.271 e. The van der Waals surface area contributed by atoms with E-state index in [0.29, 0.717) is 6.04 Å². The summed E-state index contributed by atoms with van der Waals surface area (Å²) in [6.45, 7) is 2.16. The minimum atomic E-state index is 0.316. The van der Waals surface area contributed by atoms with Crippen molar-refractivity contribution in [3.8, 4) is 0 Å². The Morgan fingerprint density at radius 3 is 2.65 bits per heavy atom. The molecule has 1 atom stereocenters. The Morgan fingerprint density at radius 2 is 2.00 bits per heavy atom. The molecule has 1 aromatic carbocycles. The van der Waals surface area contributed by atoms with Crippen molar-refractivity contribution in [3.63, 3.8) is 0 Å². The van der Waals surface area contributed by atoms with Crippen molar-refractivity contribution in [2.75, 3.05) is 0 Å². The number of rotatable bonds is 5.